The SMILES string of the molecule is C=C(C)C(=O)OCCNC(=O)/C(C#N)=C1/NC2=C(C=C[C+]=C2)c2cnccc21.C=C(C)C(=O)OCCNC(=O)/C(C#N)=C1\C=Cc2ccc3ccncc3c2N1.C=C(C)C(=O)OCCNC(=O)/C(C#N)=C1\Nc2ccccc2-c2cnccc21.Clc1nc2ccccc2c2cnccc12. The Morgan fingerprint density at radius 1 is 0.525 bits per heavy atom. The molecule has 24 heteroatoms. The summed E-state index contributed by atoms with van der Waals surface area (Å²) in [5.74, 6) is -3.26. The minimum Gasteiger partial charge on any atom is -0.460 e. The fraction of sp³-hybridized carbons (Fsp3) is 0.120. The second-order valence-electron chi connectivity index (χ2n) is 21.7. The lowest BCUT2D eigenvalue weighted by atomic mass is 9.90. The van der Waals surface area contributed by atoms with Crippen LogP contribution >= 0.6 is 11.6 Å². The molecule has 0 saturated heterocycles. The van der Waals surface area contributed by atoms with Crippen molar-refractivity contribution in [1.82, 2.24) is 46.2 Å². The molecule has 0 atom stereocenters. The Bertz CT molecular complexity index is 5020. The van der Waals surface area contributed by atoms with E-state index in [9.17, 15) is 44.6 Å². The van der Waals surface area contributed by atoms with Gasteiger partial charge in [0.15, 0.2) is 5.70 Å². The molecule has 0 unspecified atom stereocenters. The van der Waals surface area contributed by atoms with Crippen LogP contribution in [-0.2, 0) is 43.0 Å². The number of pyridine rings is 5. The summed E-state index contributed by atoms with van der Waals surface area (Å²) in [4.78, 5) is 92.5. The van der Waals surface area contributed by atoms with E-state index in [2.05, 4.69) is 82.6 Å². The maximum Gasteiger partial charge on any atom is 0.333 e. The first kappa shape index (κ1) is 69.8. The van der Waals surface area contributed by atoms with Gasteiger partial charge in [-0.2, -0.15) is 15.8 Å². The van der Waals surface area contributed by atoms with Crippen molar-refractivity contribution in [3.8, 4) is 29.3 Å². The minimum absolute atomic E-state index is 0.00607. The number of nitriles is 3. The maximum absolute atomic E-state index is 12.6. The van der Waals surface area contributed by atoms with Gasteiger partial charge in [-0.05, 0) is 74.2 Å². The number of rotatable bonds is 15. The van der Waals surface area contributed by atoms with Crippen LogP contribution in [0, 0.1) is 40.1 Å². The molecule has 23 nitrogen and oxygen atoms in total. The number of anilines is 2. The second-order valence-corrected chi connectivity index (χ2v) is 22.0. The van der Waals surface area contributed by atoms with Crippen molar-refractivity contribution in [2.24, 2.45) is 0 Å². The number of nitrogens with one attached hydrogen (secondary N) is 6. The number of benzene rings is 3. The maximum atomic E-state index is 12.6. The molecule has 0 saturated carbocycles. The third-order valence-corrected chi connectivity index (χ3v) is 15.1. The second kappa shape index (κ2) is 33.0. The smallest absolute Gasteiger partial charge is 0.333 e. The van der Waals surface area contributed by atoms with Gasteiger partial charge in [-0.3, -0.25) is 39.6 Å². The van der Waals surface area contributed by atoms with Gasteiger partial charge in [0.25, 0.3) is 17.7 Å². The summed E-state index contributed by atoms with van der Waals surface area (Å²) in [5, 5.41) is 51.5. The number of hydrogen-bond acceptors (Lipinski definition) is 20. The molecular formula is C75H60ClN14O9+. The monoisotopic (exact) mass is 1340 g/mol. The number of allylic oxidation sites excluding steroid dienone is 6. The van der Waals surface area contributed by atoms with E-state index in [1.807, 2.05) is 109 Å². The summed E-state index contributed by atoms with van der Waals surface area (Å²) in [6, 6.07) is 32.6. The number of para-hydroxylation sites is 2. The lowest BCUT2D eigenvalue weighted by Crippen LogP contribution is -2.31. The van der Waals surface area contributed by atoms with Crippen molar-refractivity contribution < 1.29 is 43.0 Å². The van der Waals surface area contributed by atoms with Crippen LogP contribution in [0.15, 0.2) is 223 Å². The highest BCUT2D eigenvalue weighted by atomic mass is 35.5. The van der Waals surface area contributed by atoms with Crippen LogP contribution in [0.2, 0.25) is 5.15 Å². The first-order valence-electron chi connectivity index (χ1n) is 30.3. The highest BCUT2D eigenvalue weighted by Gasteiger charge is 2.31. The van der Waals surface area contributed by atoms with Crippen molar-refractivity contribution in [2.45, 2.75) is 20.8 Å². The predicted molar refractivity (Wildman–Crippen MR) is 375 cm³/mol. The molecule has 490 valence electrons. The van der Waals surface area contributed by atoms with Gasteiger partial charge in [-0.15, -0.1) is 0 Å². The fourth-order valence-electron chi connectivity index (χ4n) is 9.99. The molecule has 6 N–H and O–H groups in total. The average molecular weight is 1340 g/mol. The van der Waals surface area contributed by atoms with Crippen LogP contribution < -0.4 is 31.9 Å². The Morgan fingerprint density at radius 2 is 1.05 bits per heavy atom. The number of aromatic nitrogens is 5. The van der Waals surface area contributed by atoms with Gasteiger partial charge in [-0.25, -0.2) is 19.4 Å². The molecule has 8 heterocycles. The normalized spacial score (nSPS) is 13.6. The molecule has 3 aliphatic heterocycles. The van der Waals surface area contributed by atoms with Crippen LogP contribution in [0.25, 0.3) is 66.6 Å². The zero-order chi connectivity index (χ0) is 70.5. The van der Waals surface area contributed by atoms with Crippen molar-refractivity contribution in [3.63, 3.8) is 0 Å². The predicted octanol–water partition coefficient (Wildman–Crippen LogP) is 10.6. The van der Waals surface area contributed by atoms with Crippen molar-refractivity contribution >= 4 is 114 Å². The molecule has 3 amide bonds. The molecule has 4 aliphatic rings. The first-order valence-corrected chi connectivity index (χ1v) is 30.7. The van der Waals surface area contributed by atoms with E-state index in [0.717, 1.165) is 77.3 Å². The van der Waals surface area contributed by atoms with Gasteiger partial charge in [0.1, 0.15) is 77.6 Å². The molecule has 5 aromatic heterocycles. The average Bonchev–Trinajstić information content (AvgIpc) is 0.850. The van der Waals surface area contributed by atoms with Crippen molar-refractivity contribution in [3.05, 3.63) is 257 Å². The summed E-state index contributed by atoms with van der Waals surface area (Å²) in [6.07, 6.45) is 25.5. The van der Waals surface area contributed by atoms with E-state index in [4.69, 9.17) is 25.8 Å². The minimum atomic E-state index is -0.567. The van der Waals surface area contributed by atoms with Crippen LogP contribution in [-0.4, -0.2) is 100 Å². The van der Waals surface area contributed by atoms with E-state index in [1.165, 1.54) is 20.8 Å². The number of hydrogen-bond donors (Lipinski definition) is 6. The van der Waals surface area contributed by atoms with Gasteiger partial charge in [-0.1, -0.05) is 85.9 Å². The number of carbonyl (C=O) groups is 6. The van der Waals surface area contributed by atoms with Crippen molar-refractivity contribution in [1.29, 1.82) is 15.8 Å². The quantitative estimate of drug-likeness (QED) is 0.00812. The lowest BCUT2D eigenvalue weighted by Gasteiger charge is -2.24. The van der Waals surface area contributed by atoms with E-state index in [1.54, 1.807) is 73.7 Å². The van der Waals surface area contributed by atoms with Crippen LogP contribution in [0.1, 0.15) is 43.0 Å². The number of nitrogens with zero attached hydrogens (tertiary/aromatic N) is 8. The molecule has 12 rings (SSSR count). The molecule has 0 bridgehead atoms. The molecule has 0 fully saturated rings. The lowest BCUT2D eigenvalue weighted by molar-refractivity contribution is -0.139. The zero-order valence-electron chi connectivity index (χ0n) is 53.6. The highest BCUT2D eigenvalue weighted by Crippen LogP contribution is 2.41. The van der Waals surface area contributed by atoms with E-state index in [-0.39, 0.29) is 72.9 Å². The number of carbonyl (C=O) groups excluding carboxylic acids is 6. The van der Waals surface area contributed by atoms with Crippen LogP contribution in [0.3, 0.4) is 0 Å². The zero-order valence-corrected chi connectivity index (χ0v) is 54.3. The Labute approximate surface area is 573 Å². The molecule has 0 spiro atoms. The number of esters is 3. The summed E-state index contributed by atoms with van der Waals surface area (Å²) in [7, 11) is 0. The standard InChI is InChI=1S/2C21H18N4O3.C21H16N4O3.C12H7ClN2/c1-13(2)21(27)28-10-9-24-20(26)16(11-22)18-6-5-15-4-3-14-7-8-23-12-17(14)19(15)25-18;2*1-13(2)21(27)28-10-9-24-20(26)16(11-22)19-15-7-8-23-12-17(15)14-5-3-4-6-18(14)25-19;13-12-9-5-6-14-7-10(9)8-3-1-2-4-11(8)15-12/h2*3-8,12,25H,1,9-10H2,2H3,(H,24,26);3,5-8,12H,1,9-10H2,2H3,(H-,24,25,26);1-7H/p+1/b18-16+;19-16-;;. The summed E-state index contributed by atoms with van der Waals surface area (Å²) >= 11 is 6.10. The van der Waals surface area contributed by atoms with E-state index in [0.29, 0.717) is 33.4 Å². The Balaban J connectivity index is 0.000000157. The van der Waals surface area contributed by atoms with Crippen LogP contribution in [0.5, 0.6) is 0 Å². The molecule has 99 heavy (non-hydrogen) atoms. The largest absolute Gasteiger partial charge is 0.460 e. The molecule has 8 aromatic rings. The number of ether oxygens (including phenoxy) is 3. The van der Waals surface area contributed by atoms with Crippen molar-refractivity contribution in [2.75, 3.05) is 50.1 Å². The van der Waals surface area contributed by atoms with E-state index < -0.39 is 35.6 Å². The third-order valence-electron chi connectivity index (χ3n) is 14.8. The number of amides is 3. The third kappa shape index (κ3) is 16.9. The number of fused-ring (bicyclic) bond motifs is 11. The molecule has 0 radical (unpaired) electrons. The summed E-state index contributed by atoms with van der Waals surface area (Å²) in [6.45, 7) is 15.3. The number of halogens is 1. The van der Waals surface area contributed by atoms with Gasteiger partial charge < -0.3 is 40.8 Å². The Hall–Kier alpha value is -13.5. The van der Waals surface area contributed by atoms with Gasteiger partial charge in [0.2, 0.25) is 0 Å². The van der Waals surface area contributed by atoms with Crippen LogP contribution in [0.4, 0.5) is 11.4 Å². The Morgan fingerprint density at radius 3 is 1.67 bits per heavy atom. The summed E-state index contributed by atoms with van der Waals surface area (Å²) < 4.78 is 14.8. The topological polar surface area (TPSA) is 338 Å². The molecule has 1 aliphatic carbocycles. The Kier molecular flexibility index (Phi) is 23.3. The fourth-order valence-corrected chi connectivity index (χ4v) is 10.2. The first-order chi connectivity index (χ1) is 47.9. The highest BCUT2D eigenvalue weighted by molar-refractivity contribution is 6.35. The van der Waals surface area contributed by atoms with Gasteiger partial charge >= 0.3 is 17.9 Å². The molecular weight excluding hydrogens is 1280 g/mol. The van der Waals surface area contributed by atoms with E-state index >= 15 is 0 Å². The van der Waals surface area contributed by atoms with Gasteiger partial charge in [0, 0.05) is 127 Å². The summed E-state index contributed by atoms with van der Waals surface area (Å²) in [5.41, 5.74) is 10.9. The van der Waals surface area contributed by atoms with Gasteiger partial charge in [0.05, 0.1) is 54.0 Å². The molecule has 3 aromatic carbocycles.